The van der Waals surface area contributed by atoms with Crippen LogP contribution in [0.15, 0.2) is 73.2 Å². The van der Waals surface area contributed by atoms with Crippen LogP contribution in [0.3, 0.4) is 0 Å². The van der Waals surface area contributed by atoms with E-state index in [0.717, 1.165) is 43.2 Å². The highest BCUT2D eigenvalue weighted by Crippen LogP contribution is 2.20. The Labute approximate surface area is 171 Å². The number of aromatic nitrogens is 2. The predicted octanol–water partition coefficient (Wildman–Crippen LogP) is 3.08. The van der Waals surface area contributed by atoms with E-state index in [1.165, 1.54) is 0 Å². The lowest BCUT2D eigenvalue weighted by molar-refractivity contribution is 0.0784. The summed E-state index contributed by atoms with van der Waals surface area (Å²) in [7, 11) is 1.83. The first-order valence-electron chi connectivity index (χ1n) is 9.86. The molecule has 1 aliphatic heterocycles. The lowest BCUT2D eigenvalue weighted by atomic mass is 10.2. The monoisotopic (exact) mass is 387 g/mol. The first kappa shape index (κ1) is 18.9. The molecule has 0 atom stereocenters. The summed E-state index contributed by atoms with van der Waals surface area (Å²) >= 11 is 0. The van der Waals surface area contributed by atoms with E-state index >= 15 is 0 Å². The van der Waals surface area contributed by atoms with Crippen molar-refractivity contribution in [3.63, 3.8) is 0 Å². The summed E-state index contributed by atoms with van der Waals surface area (Å²) in [4.78, 5) is 27.9. The molecule has 1 amide bonds. The van der Waals surface area contributed by atoms with E-state index in [2.05, 4.69) is 19.8 Å². The van der Waals surface area contributed by atoms with Crippen molar-refractivity contribution in [3.8, 4) is 0 Å². The Bertz CT molecular complexity index is 940. The van der Waals surface area contributed by atoms with Crippen LogP contribution < -0.4 is 9.80 Å². The summed E-state index contributed by atoms with van der Waals surface area (Å²) in [6.45, 7) is 4.10. The van der Waals surface area contributed by atoms with Gasteiger partial charge in [0.25, 0.3) is 5.91 Å². The number of hydrogen-bond acceptors (Lipinski definition) is 5. The molecule has 1 fully saturated rings. The summed E-state index contributed by atoms with van der Waals surface area (Å²) in [5, 5.41) is 0. The third-order valence-corrected chi connectivity index (χ3v) is 5.20. The van der Waals surface area contributed by atoms with E-state index in [9.17, 15) is 4.79 Å². The van der Waals surface area contributed by atoms with Gasteiger partial charge in [0.2, 0.25) is 0 Å². The molecule has 4 rings (SSSR count). The molecule has 0 spiro atoms. The fraction of sp³-hybridized carbons (Fsp3) is 0.261. The van der Waals surface area contributed by atoms with Gasteiger partial charge in [-0.2, -0.15) is 0 Å². The van der Waals surface area contributed by atoms with Gasteiger partial charge in [0.15, 0.2) is 0 Å². The third kappa shape index (κ3) is 4.54. The molecular formula is C23H25N5O. The maximum Gasteiger partial charge on any atom is 0.255 e. The number of piperazine rings is 1. The second-order valence-corrected chi connectivity index (χ2v) is 7.24. The van der Waals surface area contributed by atoms with Gasteiger partial charge in [0.1, 0.15) is 5.82 Å². The molecule has 2 aromatic heterocycles. The molecule has 0 aliphatic carbocycles. The van der Waals surface area contributed by atoms with Gasteiger partial charge in [0, 0.05) is 52.2 Å². The molecular weight excluding hydrogens is 362 g/mol. The minimum Gasteiger partial charge on any atom is -0.367 e. The van der Waals surface area contributed by atoms with Gasteiger partial charge >= 0.3 is 0 Å². The molecule has 0 bridgehead atoms. The molecule has 0 N–H and O–H groups in total. The van der Waals surface area contributed by atoms with Crippen LogP contribution >= 0.6 is 0 Å². The maximum atomic E-state index is 12.9. The van der Waals surface area contributed by atoms with Crippen LogP contribution in [0.5, 0.6) is 0 Å². The highest BCUT2D eigenvalue weighted by Gasteiger charge is 2.20. The number of carbonyl (C=O) groups is 1. The van der Waals surface area contributed by atoms with Crippen molar-refractivity contribution in [2.45, 2.75) is 6.54 Å². The third-order valence-electron chi connectivity index (χ3n) is 5.20. The topological polar surface area (TPSA) is 52.6 Å². The van der Waals surface area contributed by atoms with Crippen molar-refractivity contribution in [1.82, 2.24) is 14.9 Å². The number of hydrogen-bond donors (Lipinski definition) is 0. The molecule has 6 heteroatoms. The first-order chi connectivity index (χ1) is 14.2. The molecule has 0 saturated carbocycles. The number of nitrogens with zero attached hydrogens (tertiary/aromatic N) is 5. The van der Waals surface area contributed by atoms with Gasteiger partial charge in [-0.15, -0.1) is 0 Å². The van der Waals surface area contributed by atoms with Crippen molar-refractivity contribution in [2.24, 2.45) is 0 Å². The van der Waals surface area contributed by atoms with Crippen LogP contribution in [-0.2, 0) is 6.54 Å². The normalized spacial score (nSPS) is 14.0. The van der Waals surface area contributed by atoms with Crippen LogP contribution in [0.1, 0.15) is 15.9 Å². The van der Waals surface area contributed by atoms with Gasteiger partial charge in [-0.1, -0.05) is 36.4 Å². The van der Waals surface area contributed by atoms with Gasteiger partial charge < -0.3 is 14.7 Å². The minimum atomic E-state index is -0.0182. The maximum absolute atomic E-state index is 12.9. The minimum absolute atomic E-state index is 0.0182. The molecule has 29 heavy (non-hydrogen) atoms. The van der Waals surface area contributed by atoms with Crippen LogP contribution in [-0.4, -0.2) is 54.0 Å². The number of benzene rings is 1. The molecule has 1 saturated heterocycles. The summed E-state index contributed by atoms with van der Waals surface area (Å²) in [6, 6.07) is 17.9. The number of amides is 1. The van der Waals surface area contributed by atoms with E-state index in [1.54, 1.807) is 11.1 Å². The van der Waals surface area contributed by atoms with E-state index in [-0.39, 0.29) is 5.91 Å². The lowest BCUT2D eigenvalue weighted by Crippen LogP contribution is -2.46. The summed E-state index contributed by atoms with van der Waals surface area (Å²) in [5.41, 5.74) is 2.72. The van der Waals surface area contributed by atoms with Crippen molar-refractivity contribution in [3.05, 3.63) is 84.3 Å². The van der Waals surface area contributed by atoms with E-state index in [0.29, 0.717) is 12.1 Å². The Morgan fingerprint density at radius 1 is 0.966 bits per heavy atom. The molecule has 0 unspecified atom stereocenters. The molecule has 1 aromatic carbocycles. The van der Waals surface area contributed by atoms with Gasteiger partial charge in [-0.25, -0.2) is 4.98 Å². The number of rotatable bonds is 5. The van der Waals surface area contributed by atoms with Crippen molar-refractivity contribution in [2.75, 3.05) is 43.0 Å². The number of pyridine rings is 2. The Hall–Kier alpha value is -3.41. The lowest BCUT2D eigenvalue weighted by Gasteiger charge is -2.36. The SMILES string of the molecule is CN(Cc1ccccc1)C(=O)c1cncc(N2CCN(c3ccccn3)CC2)c1. The van der Waals surface area contributed by atoms with E-state index in [4.69, 9.17) is 0 Å². The Morgan fingerprint density at radius 3 is 2.41 bits per heavy atom. The Kier molecular flexibility index (Phi) is 5.70. The highest BCUT2D eigenvalue weighted by molar-refractivity contribution is 5.94. The zero-order valence-corrected chi connectivity index (χ0v) is 16.6. The first-order valence-corrected chi connectivity index (χ1v) is 9.86. The van der Waals surface area contributed by atoms with Crippen LogP contribution in [0.2, 0.25) is 0 Å². The number of carbonyl (C=O) groups excluding carboxylic acids is 1. The van der Waals surface area contributed by atoms with Crippen molar-refractivity contribution >= 4 is 17.4 Å². The second kappa shape index (κ2) is 8.73. The summed E-state index contributed by atoms with van der Waals surface area (Å²) in [6.07, 6.45) is 5.31. The Balaban J connectivity index is 1.40. The average Bonchev–Trinajstić information content (AvgIpc) is 2.80. The second-order valence-electron chi connectivity index (χ2n) is 7.24. The Morgan fingerprint density at radius 2 is 1.69 bits per heavy atom. The zero-order chi connectivity index (χ0) is 20.1. The highest BCUT2D eigenvalue weighted by atomic mass is 16.2. The molecule has 148 valence electrons. The smallest absolute Gasteiger partial charge is 0.255 e. The average molecular weight is 387 g/mol. The van der Waals surface area contributed by atoms with E-state index < -0.39 is 0 Å². The quantitative estimate of drug-likeness (QED) is 0.673. The van der Waals surface area contributed by atoms with Gasteiger partial charge in [-0.05, 0) is 23.8 Å². The van der Waals surface area contributed by atoms with Crippen molar-refractivity contribution in [1.29, 1.82) is 0 Å². The zero-order valence-electron chi connectivity index (χ0n) is 16.6. The summed E-state index contributed by atoms with van der Waals surface area (Å²) in [5.74, 6) is 0.993. The van der Waals surface area contributed by atoms with Crippen LogP contribution in [0.4, 0.5) is 11.5 Å². The molecule has 6 nitrogen and oxygen atoms in total. The van der Waals surface area contributed by atoms with E-state index in [1.807, 2.05) is 74.0 Å². The number of anilines is 2. The molecule has 3 heterocycles. The van der Waals surface area contributed by atoms with Gasteiger partial charge in [0.05, 0.1) is 17.4 Å². The molecule has 3 aromatic rings. The molecule has 1 aliphatic rings. The molecule has 0 radical (unpaired) electrons. The largest absolute Gasteiger partial charge is 0.367 e. The van der Waals surface area contributed by atoms with Crippen LogP contribution in [0.25, 0.3) is 0 Å². The predicted molar refractivity (Wildman–Crippen MR) is 115 cm³/mol. The van der Waals surface area contributed by atoms with Crippen LogP contribution in [0, 0.1) is 0 Å². The standard InChI is InChI=1S/C23H25N5O/c1-26(18-19-7-3-2-4-8-19)23(29)20-15-21(17-24-16-20)27-11-13-28(14-12-27)22-9-5-6-10-25-22/h2-10,15-17H,11-14,18H2,1H3. The van der Waals surface area contributed by atoms with Gasteiger partial charge in [-0.3, -0.25) is 9.78 Å². The fourth-order valence-electron chi connectivity index (χ4n) is 3.60. The summed E-state index contributed by atoms with van der Waals surface area (Å²) < 4.78 is 0. The van der Waals surface area contributed by atoms with Crippen molar-refractivity contribution < 1.29 is 4.79 Å². The fourth-order valence-corrected chi connectivity index (χ4v) is 3.60.